The number of benzene rings is 1. The first-order valence-electron chi connectivity index (χ1n) is 8.38. The average Bonchev–Trinajstić information content (AvgIpc) is 2.95. The van der Waals surface area contributed by atoms with Gasteiger partial charge in [0.05, 0.1) is 5.38 Å². The zero-order valence-electron chi connectivity index (χ0n) is 13.6. The monoisotopic (exact) mass is 347 g/mol. The van der Waals surface area contributed by atoms with Crippen molar-refractivity contribution in [2.24, 2.45) is 0 Å². The van der Waals surface area contributed by atoms with Crippen LogP contribution < -0.4 is 5.76 Å². The van der Waals surface area contributed by atoms with Gasteiger partial charge in [0.1, 0.15) is 0 Å². The van der Waals surface area contributed by atoms with Gasteiger partial charge in [0.2, 0.25) is 0 Å². The largest absolute Gasteiger partial charge is 0.441 e. The summed E-state index contributed by atoms with van der Waals surface area (Å²) in [5, 5.41) is 3.70. The highest BCUT2D eigenvalue weighted by molar-refractivity contribution is 6.20. The molecule has 1 atom stereocenters. The SMILES string of the molecule is O=c1onc(C=Cc2ccccc2)n1CC(Cl)CN1CCCCC1. The van der Waals surface area contributed by atoms with E-state index in [1.165, 1.54) is 23.8 Å². The molecule has 0 spiro atoms. The molecule has 3 rings (SSSR count). The summed E-state index contributed by atoms with van der Waals surface area (Å²) in [7, 11) is 0. The zero-order valence-corrected chi connectivity index (χ0v) is 14.4. The number of halogens is 1. The van der Waals surface area contributed by atoms with Crippen LogP contribution in [-0.4, -0.2) is 39.6 Å². The van der Waals surface area contributed by atoms with Crippen molar-refractivity contribution in [1.82, 2.24) is 14.6 Å². The van der Waals surface area contributed by atoms with Crippen molar-refractivity contribution in [3.05, 3.63) is 52.3 Å². The molecule has 0 saturated carbocycles. The Morgan fingerprint density at radius 2 is 1.88 bits per heavy atom. The maximum atomic E-state index is 11.9. The Morgan fingerprint density at radius 1 is 1.12 bits per heavy atom. The minimum absolute atomic E-state index is 0.149. The number of piperidine rings is 1. The Bertz CT molecular complexity index is 717. The molecular weight excluding hydrogens is 326 g/mol. The van der Waals surface area contributed by atoms with Gasteiger partial charge in [-0.15, -0.1) is 11.6 Å². The summed E-state index contributed by atoms with van der Waals surface area (Å²) in [4.78, 5) is 14.3. The van der Waals surface area contributed by atoms with E-state index in [4.69, 9.17) is 16.1 Å². The molecule has 0 aliphatic carbocycles. The van der Waals surface area contributed by atoms with Gasteiger partial charge < -0.3 is 4.90 Å². The molecule has 0 amide bonds. The van der Waals surface area contributed by atoms with Gasteiger partial charge in [-0.05, 0) is 37.6 Å². The van der Waals surface area contributed by atoms with Crippen LogP contribution in [0.2, 0.25) is 0 Å². The van der Waals surface area contributed by atoms with E-state index in [1.54, 1.807) is 6.08 Å². The van der Waals surface area contributed by atoms with Crippen LogP contribution in [0.4, 0.5) is 0 Å². The number of aromatic nitrogens is 2. The van der Waals surface area contributed by atoms with Crippen molar-refractivity contribution in [2.45, 2.75) is 31.2 Å². The molecule has 6 heteroatoms. The van der Waals surface area contributed by atoms with Gasteiger partial charge in [-0.25, -0.2) is 4.79 Å². The third-order valence-corrected chi connectivity index (χ3v) is 4.50. The van der Waals surface area contributed by atoms with Crippen LogP contribution in [0.5, 0.6) is 0 Å². The second-order valence-corrected chi connectivity index (χ2v) is 6.74. The lowest BCUT2D eigenvalue weighted by molar-refractivity contribution is 0.224. The van der Waals surface area contributed by atoms with Gasteiger partial charge in [-0.3, -0.25) is 9.09 Å². The van der Waals surface area contributed by atoms with Crippen molar-refractivity contribution >= 4 is 23.8 Å². The first-order valence-corrected chi connectivity index (χ1v) is 8.82. The van der Waals surface area contributed by atoms with E-state index in [9.17, 15) is 4.79 Å². The van der Waals surface area contributed by atoms with E-state index in [0.29, 0.717) is 12.4 Å². The van der Waals surface area contributed by atoms with Crippen molar-refractivity contribution in [2.75, 3.05) is 19.6 Å². The van der Waals surface area contributed by atoms with Crippen molar-refractivity contribution in [3.8, 4) is 0 Å². The van der Waals surface area contributed by atoms with Crippen LogP contribution in [0.1, 0.15) is 30.7 Å². The average molecular weight is 348 g/mol. The summed E-state index contributed by atoms with van der Waals surface area (Å²) in [6.45, 7) is 3.35. The molecule has 1 fully saturated rings. The Hall–Kier alpha value is -1.85. The Balaban J connectivity index is 1.66. The molecule has 1 aromatic heterocycles. The maximum absolute atomic E-state index is 11.9. The molecule has 24 heavy (non-hydrogen) atoms. The van der Waals surface area contributed by atoms with Gasteiger partial charge in [-0.1, -0.05) is 48.0 Å². The zero-order chi connectivity index (χ0) is 16.8. The third-order valence-electron chi connectivity index (χ3n) is 4.22. The van der Waals surface area contributed by atoms with E-state index in [2.05, 4.69) is 10.1 Å². The number of likely N-dealkylation sites (tertiary alicyclic amines) is 1. The van der Waals surface area contributed by atoms with Gasteiger partial charge in [0.15, 0.2) is 5.82 Å². The molecule has 1 unspecified atom stereocenters. The number of rotatable bonds is 6. The molecule has 5 nitrogen and oxygen atoms in total. The number of hydrogen-bond acceptors (Lipinski definition) is 4. The molecule has 2 heterocycles. The number of alkyl halides is 1. The van der Waals surface area contributed by atoms with Gasteiger partial charge in [0.25, 0.3) is 0 Å². The van der Waals surface area contributed by atoms with E-state index >= 15 is 0 Å². The lowest BCUT2D eigenvalue weighted by Gasteiger charge is -2.28. The summed E-state index contributed by atoms with van der Waals surface area (Å²) in [6, 6.07) is 9.85. The molecule has 1 aliphatic heterocycles. The molecular formula is C18H22ClN3O2. The van der Waals surface area contributed by atoms with Gasteiger partial charge >= 0.3 is 5.76 Å². The molecule has 128 valence electrons. The fourth-order valence-electron chi connectivity index (χ4n) is 2.98. The number of nitrogens with zero attached hydrogens (tertiary/aromatic N) is 3. The van der Waals surface area contributed by atoms with Crippen LogP contribution >= 0.6 is 11.6 Å². The van der Waals surface area contributed by atoms with Crippen molar-refractivity contribution < 1.29 is 4.52 Å². The highest BCUT2D eigenvalue weighted by Crippen LogP contribution is 2.13. The van der Waals surface area contributed by atoms with E-state index in [0.717, 1.165) is 25.2 Å². The molecule has 1 aromatic carbocycles. The Labute approximate surface area is 146 Å². The van der Waals surface area contributed by atoms with Crippen LogP contribution in [0, 0.1) is 0 Å². The minimum atomic E-state index is -0.466. The summed E-state index contributed by atoms with van der Waals surface area (Å²) in [6.07, 6.45) is 7.43. The summed E-state index contributed by atoms with van der Waals surface area (Å²) < 4.78 is 6.31. The predicted molar refractivity (Wildman–Crippen MR) is 96.1 cm³/mol. The lowest BCUT2D eigenvalue weighted by atomic mass is 10.1. The summed E-state index contributed by atoms with van der Waals surface area (Å²) in [5.41, 5.74) is 1.04. The second-order valence-electron chi connectivity index (χ2n) is 6.12. The van der Waals surface area contributed by atoms with Crippen LogP contribution in [-0.2, 0) is 6.54 Å². The second kappa shape index (κ2) is 8.31. The molecule has 1 saturated heterocycles. The molecule has 0 radical (unpaired) electrons. The smallest absolute Gasteiger partial charge is 0.302 e. The first-order chi connectivity index (χ1) is 11.7. The third kappa shape index (κ3) is 4.58. The summed E-state index contributed by atoms with van der Waals surface area (Å²) >= 11 is 6.47. The number of hydrogen-bond donors (Lipinski definition) is 0. The van der Waals surface area contributed by atoms with Crippen LogP contribution in [0.15, 0.2) is 39.6 Å². The standard InChI is InChI=1S/C18H22ClN3O2/c19-16(13-21-11-5-2-6-12-21)14-22-17(20-24-18(22)23)10-9-15-7-3-1-4-8-15/h1,3-4,7-10,16H,2,5-6,11-14H2. The van der Waals surface area contributed by atoms with Gasteiger partial charge in [0, 0.05) is 13.1 Å². The van der Waals surface area contributed by atoms with Gasteiger partial charge in [-0.2, -0.15) is 0 Å². The lowest BCUT2D eigenvalue weighted by Crippen LogP contribution is -2.37. The van der Waals surface area contributed by atoms with Crippen LogP contribution in [0.25, 0.3) is 12.2 Å². The quantitative estimate of drug-likeness (QED) is 0.753. The molecule has 0 N–H and O–H groups in total. The highest BCUT2D eigenvalue weighted by atomic mass is 35.5. The fraction of sp³-hybridized carbons (Fsp3) is 0.444. The minimum Gasteiger partial charge on any atom is -0.302 e. The van der Waals surface area contributed by atoms with Crippen molar-refractivity contribution in [3.63, 3.8) is 0 Å². The normalized spacial score (nSPS) is 17.4. The topological polar surface area (TPSA) is 51.3 Å². The Kier molecular flexibility index (Phi) is 5.88. The van der Waals surface area contributed by atoms with E-state index < -0.39 is 5.76 Å². The van der Waals surface area contributed by atoms with Crippen LogP contribution in [0.3, 0.4) is 0 Å². The molecule has 0 bridgehead atoms. The predicted octanol–water partition coefficient (Wildman–Crippen LogP) is 3.10. The molecule has 1 aliphatic rings. The Morgan fingerprint density at radius 3 is 2.62 bits per heavy atom. The summed E-state index contributed by atoms with van der Waals surface area (Å²) in [5.74, 6) is 0.0279. The van der Waals surface area contributed by atoms with E-state index in [1.807, 2.05) is 36.4 Å². The van der Waals surface area contributed by atoms with E-state index in [-0.39, 0.29) is 5.38 Å². The highest BCUT2D eigenvalue weighted by Gasteiger charge is 2.18. The molecule has 2 aromatic rings. The first kappa shape index (κ1) is 17.0. The fourth-order valence-corrected chi connectivity index (χ4v) is 3.31. The van der Waals surface area contributed by atoms with Crippen molar-refractivity contribution in [1.29, 1.82) is 0 Å². The maximum Gasteiger partial charge on any atom is 0.441 e.